The molecule has 2 heterocycles. The third-order valence-electron chi connectivity index (χ3n) is 5.48. The second-order valence-electron chi connectivity index (χ2n) is 8.15. The third-order valence-corrected chi connectivity index (χ3v) is 5.48. The number of nitrogens with one attached hydrogen (secondary N) is 2. The highest BCUT2D eigenvalue weighted by molar-refractivity contribution is 5.74. The summed E-state index contributed by atoms with van der Waals surface area (Å²) in [5.41, 5.74) is 6.67. The van der Waals surface area contributed by atoms with E-state index >= 15 is 0 Å². The Kier molecular flexibility index (Phi) is 8.34. The predicted octanol–water partition coefficient (Wildman–Crippen LogP) is 4.06. The molecule has 0 aliphatic carbocycles. The first-order chi connectivity index (χ1) is 16.7. The van der Waals surface area contributed by atoms with Crippen LogP contribution in [0.4, 0.5) is 11.6 Å². The second kappa shape index (κ2) is 12.0. The van der Waals surface area contributed by atoms with E-state index in [9.17, 15) is 4.79 Å². The lowest BCUT2D eigenvalue weighted by Crippen LogP contribution is -2.26. The van der Waals surface area contributed by atoms with Crippen molar-refractivity contribution in [1.29, 1.82) is 0 Å². The van der Waals surface area contributed by atoms with Crippen molar-refractivity contribution in [1.82, 2.24) is 20.3 Å². The van der Waals surface area contributed by atoms with E-state index in [0.717, 1.165) is 34.6 Å². The fourth-order valence-electron chi connectivity index (χ4n) is 3.83. The molecular weight excluding hydrogens is 430 g/mol. The molecular formula is C26H29N5O3. The molecule has 2 aromatic carbocycles. The summed E-state index contributed by atoms with van der Waals surface area (Å²) in [6.07, 6.45) is 6.78. The number of rotatable bonds is 4. The van der Waals surface area contributed by atoms with Crippen molar-refractivity contribution in [2.24, 2.45) is 0 Å². The van der Waals surface area contributed by atoms with Gasteiger partial charge in [0, 0.05) is 37.0 Å². The maximum Gasteiger partial charge on any atom is 0.243 e. The number of nitrogens with zero attached hydrogens (tertiary/aromatic N) is 3. The number of amides is 1. The molecule has 1 aliphatic rings. The van der Waals surface area contributed by atoms with Gasteiger partial charge in [-0.1, -0.05) is 42.5 Å². The summed E-state index contributed by atoms with van der Waals surface area (Å²) >= 11 is 0. The van der Waals surface area contributed by atoms with Crippen LogP contribution in [0.25, 0.3) is 11.3 Å². The summed E-state index contributed by atoms with van der Waals surface area (Å²) in [6, 6.07) is 18.2. The van der Waals surface area contributed by atoms with E-state index in [1.807, 2.05) is 42.5 Å². The second-order valence-corrected chi connectivity index (χ2v) is 8.15. The van der Waals surface area contributed by atoms with Crippen LogP contribution in [0, 0.1) is 0 Å². The third kappa shape index (κ3) is 6.95. The van der Waals surface area contributed by atoms with Crippen LogP contribution >= 0.6 is 0 Å². The highest BCUT2D eigenvalue weighted by atomic mass is 16.5. The lowest BCUT2D eigenvalue weighted by Gasteiger charge is -2.21. The van der Waals surface area contributed by atoms with Gasteiger partial charge in [-0.3, -0.25) is 14.9 Å². The number of aromatic nitrogens is 2. The normalized spacial score (nSPS) is 15.4. The molecule has 0 saturated heterocycles. The Labute approximate surface area is 199 Å². The van der Waals surface area contributed by atoms with Gasteiger partial charge in [0.1, 0.15) is 0 Å². The summed E-state index contributed by atoms with van der Waals surface area (Å²) < 4.78 is 5.84. The van der Waals surface area contributed by atoms with Crippen LogP contribution < -0.4 is 10.8 Å². The lowest BCUT2D eigenvalue weighted by atomic mass is 10.1. The fourth-order valence-corrected chi connectivity index (χ4v) is 3.83. The van der Waals surface area contributed by atoms with Crippen molar-refractivity contribution in [3.05, 3.63) is 84.1 Å². The molecule has 0 atom stereocenters. The molecule has 4 rings (SSSR count). The summed E-state index contributed by atoms with van der Waals surface area (Å²) in [4.78, 5) is 22.7. The highest BCUT2D eigenvalue weighted by Crippen LogP contribution is 2.22. The fraction of sp³-hybridized carbons (Fsp3) is 0.269. The Morgan fingerprint density at radius 3 is 2.91 bits per heavy atom. The number of fused-ring (bicyclic) bond motifs is 7. The summed E-state index contributed by atoms with van der Waals surface area (Å²) in [6.45, 7) is 3.19. The SMILES string of the molecule is O=C(CCCN1C/C=C/COCc2cccc(c2)-c2ccnc(n2)Nc2cccc(c2)C1)NO. The standard InChI is InChI=1S/C26H29N5O3/c32-25(30-33)10-5-14-31-13-1-2-15-34-19-21-7-3-8-22(16-21)24-11-12-27-26(29-24)28-23-9-4-6-20(17-23)18-31/h1-4,6-9,11-12,16-17,33H,5,10,13-15,18-19H2,(H,30,32)(H,27,28,29)/b2-1+. The van der Waals surface area contributed by atoms with Gasteiger partial charge in [0.05, 0.1) is 18.9 Å². The number of hydrogen-bond acceptors (Lipinski definition) is 7. The first-order valence-corrected chi connectivity index (χ1v) is 11.4. The van der Waals surface area contributed by atoms with Crippen molar-refractivity contribution in [2.45, 2.75) is 26.0 Å². The summed E-state index contributed by atoms with van der Waals surface area (Å²) in [5, 5.41) is 12.1. The van der Waals surface area contributed by atoms with Crippen LogP contribution in [0.2, 0.25) is 0 Å². The van der Waals surface area contributed by atoms with Gasteiger partial charge in [-0.2, -0.15) is 0 Å². The minimum atomic E-state index is -0.372. The van der Waals surface area contributed by atoms with E-state index in [-0.39, 0.29) is 12.3 Å². The molecule has 6 bridgehead atoms. The Hall–Kier alpha value is -3.59. The molecule has 3 N–H and O–H groups in total. The first kappa shape index (κ1) is 23.6. The predicted molar refractivity (Wildman–Crippen MR) is 130 cm³/mol. The first-order valence-electron chi connectivity index (χ1n) is 11.4. The number of carbonyl (C=O) groups is 1. The van der Waals surface area contributed by atoms with Gasteiger partial charge in [-0.05, 0) is 48.4 Å². The van der Waals surface area contributed by atoms with E-state index in [0.29, 0.717) is 38.7 Å². The zero-order valence-corrected chi connectivity index (χ0v) is 19.0. The van der Waals surface area contributed by atoms with E-state index in [2.05, 4.69) is 39.5 Å². The van der Waals surface area contributed by atoms with Gasteiger partial charge in [-0.15, -0.1) is 0 Å². The quantitative estimate of drug-likeness (QED) is 0.307. The van der Waals surface area contributed by atoms with Crippen molar-refractivity contribution >= 4 is 17.5 Å². The summed E-state index contributed by atoms with van der Waals surface area (Å²) in [5.74, 6) is 0.162. The Bertz CT molecular complexity index is 1130. The topological polar surface area (TPSA) is 99.6 Å². The zero-order chi connectivity index (χ0) is 23.6. The molecule has 176 valence electrons. The Morgan fingerprint density at radius 1 is 1.12 bits per heavy atom. The molecule has 0 fully saturated rings. The van der Waals surface area contributed by atoms with E-state index in [1.54, 1.807) is 11.7 Å². The zero-order valence-electron chi connectivity index (χ0n) is 19.0. The van der Waals surface area contributed by atoms with Crippen molar-refractivity contribution in [3.63, 3.8) is 0 Å². The highest BCUT2D eigenvalue weighted by Gasteiger charge is 2.09. The van der Waals surface area contributed by atoms with Gasteiger partial charge < -0.3 is 10.1 Å². The van der Waals surface area contributed by atoms with E-state index < -0.39 is 0 Å². The summed E-state index contributed by atoms with van der Waals surface area (Å²) in [7, 11) is 0. The molecule has 0 saturated carbocycles. The molecule has 8 nitrogen and oxygen atoms in total. The van der Waals surface area contributed by atoms with Crippen LogP contribution in [-0.2, 0) is 22.7 Å². The lowest BCUT2D eigenvalue weighted by molar-refractivity contribution is -0.129. The molecule has 34 heavy (non-hydrogen) atoms. The number of anilines is 2. The maximum atomic E-state index is 11.4. The van der Waals surface area contributed by atoms with Crippen molar-refractivity contribution in [2.75, 3.05) is 25.0 Å². The van der Waals surface area contributed by atoms with Gasteiger partial charge in [0.25, 0.3) is 0 Å². The van der Waals surface area contributed by atoms with Gasteiger partial charge in [0.2, 0.25) is 11.9 Å². The molecule has 1 aromatic heterocycles. The van der Waals surface area contributed by atoms with Gasteiger partial charge in [-0.25, -0.2) is 15.4 Å². The number of carbonyl (C=O) groups excluding carboxylic acids is 1. The maximum absolute atomic E-state index is 11.4. The van der Waals surface area contributed by atoms with Crippen molar-refractivity contribution < 1.29 is 14.7 Å². The van der Waals surface area contributed by atoms with Crippen LogP contribution in [-0.4, -0.2) is 45.7 Å². The molecule has 8 heteroatoms. The van der Waals surface area contributed by atoms with Crippen LogP contribution in [0.15, 0.2) is 72.9 Å². The molecule has 1 aliphatic heterocycles. The monoisotopic (exact) mass is 459 g/mol. The molecule has 0 unspecified atom stereocenters. The van der Waals surface area contributed by atoms with Gasteiger partial charge >= 0.3 is 0 Å². The minimum Gasteiger partial charge on any atom is -0.373 e. The smallest absolute Gasteiger partial charge is 0.243 e. The Morgan fingerprint density at radius 2 is 2.00 bits per heavy atom. The molecule has 0 radical (unpaired) electrons. The largest absolute Gasteiger partial charge is 0.373 e. The number of hydroxylamine groups is 1. The van der Waals surface area contributed by atoms with Crippen LogP contribution in [0.3, 0.4) is 0 Å². The Balaban J connectivity index is 1.57. The number of ether oxygens (including phenoxy) is 1. The minimum absolute atomic E-state index is 0.272. The number of hydrogen-bond donors (Lipinski definition) is 3. The average Bonchev–Trinajstić information content (AvgIpc) is 2.86. The molecule has 3 aromatic rings. The molecule has 1 amide bonds. The van der Waals surface area contributed by atoms with Crippen molar-refractivity contribution in [3.8, 4) is 11.3 Å². The van der Waals surface area contributed by atoms with E-state index in [1.165, 1.54) is 0 Å². The van der Waals surface area contributed by atoms with Gasteiger partial charge in [0.15, 0.2) is 0 Å². The van der Waals surface area contributed by atoms with E-state index in [4.69, 9.17) is 14.9 Å². The average molecular weight is 460 g/mol. The van der Waals surface area contributed by atoms with Crippen LogP contribution in [0.1, 0.15) is 24.0 Å². The van der Waals surface area contributed by atoms with Crippen LogP contribution in [0.5, 0.6) is 0 Å². The molecule has 0 spiro atoms. The number of benzene rings is 2.